The molecule has 0 saturated carbocycles. The fraction of sp³-hybridized carbons (Fsp3) is 0.400. The van der Waals surface area contributed by atoms with Crippen LogP contribution in [0.4, 0.5) is 0 Å². The molecule has 0 aliphatic carbocycles. The van der Waals surface area contributed by atoms with Crippen LogP contribution in [0.15, 0.2) is 35.3 Å². The summed E-state index contributed by atoms with van der Waals surface area (Å²) in [6.45, 7) is 5.75. The van der Waals surface area contributed by atoms with Crippen LogP contribution in [0.5, 0.6) is 0 Å². The molecule has 4 rings (SSSR count). The first kappa shape index (κ1) is 17.0. The van der Waals surface area contributed by atoms with Crippen molar-refractivity contribution in [1.29, 1.82) is 0 Å². The van der Waals surface area contributed by atoms with Gasteiger partial charge in [-0.05, 0) is 18.6 Å². The molecule has 1 aliphatic heterocycles. The zero-order valence-electron chi connectivity index (χ0n) is 15.3. The van der Waals surface area contributed by atoms with Crippen LogP contribution in [-0.2, 0) is 30.8 Å². The summed E-state index contributed by atoms with van der Waals surface area (Å²) in [5.41, 5.74) is 4.28. The second kappa shape index (κ2) is 7.05. The summed E-state index contributed by atoms with van der Waals surface area (Å²) < 4.78 is 7.49. The molecular weight excluding hydrogens is 328 g/mol. The van der Waals surface area contributed by atoms with Crippen molar-refractivity contribution in [1.82, 2.24) is 19.4 Å². The Hall–Kier alpha value is -2.44. The van der Waals surface area contributed by atoms with E-state index in [2.05, 4.69) is 49.9 Å². The Balaban J connectivity index is 1.61. The first-order chi connectivity index (χ1) is 12.7. The summed E-state index contributed by atoms with van der Waals surface area (Å²) in [6.07, 6.45) is 3.04. The first-order valence-electron chi connectivity index (χ1n) is 9.02. The number of aromatic amines is 1. The molecule has 0 spiro atoms. The quantitative estimate of drug-likeness (QED) is 0.765. The van der Waals surface area contributed by atoms with Gasteiger partial charge in [-0.25, -0.2) is 4.98 Å². The molecule has 3 heterocycles. The van der Waals surface area contributed by atoms with Crippen LogP contribution < -0.4 is 5.56 Å². The number of ether oxygens (including phenoxy) is 1. The van der Waals surface area contributed by atoms with Crippen LogP contribution in [-0.4, -0.2) is 39.7 Å². The van der Waals surface area contributed by atoms with Crippen LogP contribution in [0.25, 0.3) is 10.9 Å². The van der Waals surface area contributed by atoms with Crippen molar-refractivity contribution in [3.05, 3.63) is 63.5 Å². The molecule has 26 heavy (non-hydrogen) atoms. The van der Waals surface area contributed by atoms with E-state index in [1.807, 2.05) is 6.92 Å². The predicted octanol–water partition coefficient (Wildman–Crippen LogP) is 2.24. The van der Waals surface area contributed by atoms with Crippen LogP contribution in [0, 0.1) is 6.92 Å². The van der Waals surface area contributed by atoms with E-state index in [4.69, 9.17) is 4.74 Å². The lowest BCUT2D eigenvalue weighted by atomic mass is 10.1. The van der Waals surface area contributed by atoms with Crippen molar-refractivity contribution in [2.45, 2.75) is 33.0 Å². The summed E-state index contributed by atoms with van der Waals surface area (Å²) in [5, 5.41) is 1.27. The number of aromatic nitrogens is 3. The predicted molar refractivity (Wildman–Crippen MR) is 101 cm³/mol. The molecule has 0 unspecified atom stereocenters. The van der Waals surface area contributed by atoms with Gasteiger partial charge in [0.2, 0.25) is 0 Å². The Bertz CT molecular complexity index is 989. The largest absolute Gasteiger partial charge is 0.383 e. The average molecular weight is 352 g/mol. The minimum atomic E-state index is -0.000257. The lowest BCUT2D eigenvalue weighted by Gasteiger charge is -2.27. The van der Waals surface area contributed by atoms with Gasteiger partial charge in [0.15, 0.2) is 0 Å². The second-order valence-corrected chi connectivity index (χ2v) is 6.89. The first-order valence-corrected chi connectivity index (χ1v) is 9.02. The summed E-state index contributed by atoms with van der Waals surface area (Å²) in [6, 6.07) is 8.47. The van der Waals surface area contributed by atoms with Gasteiger partial charge in [-0.1, -0.05) is 18.2 Å². The molecule has 1 N–H and O–H groups in total. The number of hydrogen-bond acceptors (Lipinski definition) is 4. The van der Waals surface area contributed by atoms with E-state index in [1.54, 1.807) is 7.11 Å². The van der Waals surface area contributed by atoms with Gasteiger partial charge in [-0.15, -0.1) is 0 Å². The van der Waals surface area contributed by atoms with Crippen molar-refractivity contribution >= 4 is 10.9 Å². The fourth-order valence-corrected chi connectivity index (χ4v) is 3.80. The third-order valence-corrected chi connectivity index (χ3v) is 5.07. The average Bonchev–Trinajstić information content (AvgIpc) is 2.98. The number of nitrogens with zero attached hydrogens (tertiary/aromatic N) is 3. The van der Waals surface area contributed by atoms with E-state index in [-0.39, 0.29) is 5.56 Å². The Labute approximate surface area is 152 Å². The highest BCUT2D eigenvalue weighted by atomic mass is 16.5. The Morgan fingerprint density at radius 3 is 3.00 bits per heavy atom. The van der Waals surface area contributed by atoms with Crippen molar-refractivity contribution < 1.29 is 4.74 Å². The summed E-state index contributed by atoms with van der Waals surface area (Å²) >= 11 is 0. The highest BCUT2D eigenvalue weighted by Crippen LogP contribution is 2.24. The van der Waals surface area contributed by atoms with Gasteiger partial charge in [-0.2, -0.15) is 0 Å². The number of methoxy groups -OCH3 is 1. The lowest BCUT2D eigenvalue weighted by Crippen LogP contribution is -2.35. The molecule has 0 bridgehead atoms. The van der Waals surface area contributed by atoms with E-state index < -0.39 is 0 Å². The normalized spacial score (nSPS) is 14.7. The number of H-pyrrole nitrogens is 1. The summed E-state index contributed by atoms with van der Waals surface area (Å²) in [7, 11) is 1.73. The van der Waals surface area contributed by atoms with Gasteiger partial charge in [0.25, 0.3) is 5.56 Å². The lowest BCUT2D eigenvalue weighted by molar-refractivity contribution is 0.188. The van der Waals surface area contributed by atoms with Crippen LogP contribution in [0.1, 0.15) is 22.6 Å². The summed E-state index contributed by atoms with van der Waals surface area (Å²) in [4.78, 5) is 21.9. The smallest absolute Gasteiger partial charge is 0.255 e. The van der Waals surface area contributed by atoms with Crippen LogP contribution in [0.2, 0.25) is 0 Å². The Kier molecular flexibility index (Phi) is 4.61. The molecule has 6 nitrogen and oxygen atoms in total. The zero-order chi connectivity index (χ0) is 18.1. The van der Waals surface area contributed by atoms with Crippen LogP contribution >= 0.6 is 0 Å². The Morgan fingerprint density at radius 2 is 2.15 bits per heavy atom. The molecule has 6 heteroatoms. The zero-order valence-corrected chi connectivity index (χ0v) is 15.3. The van der Waals surface area contributed by atoms with E-state index in [9.17, 15) is 4.79 Å². The summed E-state index contributed by atoms with van der Waals surface area (Å²) in [5.74, 6) is 0.698. The number of rotatable bonds is 5. The minimum absolute atomic E-state index is 0.000257. The van der Waals surface area contributed by atoms with Crippen molar-refractivity contribution in [3.8, 4) is 0 Å². The molecular formula is C20H24N4O2. The number of benzene rings is 1. The van der Waals surface area contributed by atoms with Gasteiger partial charge < -0.3 is 14.3 Å². The van der Waals surface area contributed by atoms with Gasteiger partial charge >= 0.3 is 0 Å². The highest BCUT2D eigenvalue weighted by molar-refractivity contribution is 5.83. The number of para-hydroxylation sites is 1. The second-order valence-electron chi connectivity index (χ2n) is 6.89. The maximum Gasteiger partial charge on any atom is 0.255 e. The number of fused-ring (bicyclic) bond motifs is 2. The van der Waals surface area contributed by atoms with E-state index >= 15 is 0 Å². The molecule has 1 aliphatic rings. The van der Waals surface area contributed by atoms with Crippen molar-refractivity contribution in [2.24, 2.45) is 0 Å². The Morgan fingerprint density at radius 1 is 1.31 bits per heavy atom. The van der Waals surface area contributed by atoms with E-state index in [1.165, 1.54) is 16.5 Å². The van der Waals surface area contributed by atoms with E-state index in [0.717, 1.165) is 37.3 Å². The molecule has 0 saturated heterocycles. The topological polar surface area (TPSA) is 63.1 Å². The monoisotopic (exact) mass is 352 g/mol. The molecule has 0 fully saturated rings. The van der Waals surface area contributed by atoms with Gasteiger partial charge in [-0.3, -0.25) is 9.69 Å². The van der Waals surface area contributed by atoms with Gasteiger partial charge in [0.05, 0.1) is 17.9 Å². The minimum Gasteiger partial charge on any atom is -0.383 e. The highest BCUT2D eigenvalue weighted by Gasteiger charge is 2.21. The molecule has 0 amide bonds. The number of nitrogens with one attached hydrogen (secondary N) is 1. The number of hydrogen-bond donors (Lipinski definition) is 1. The molecule has 0 atom stereocenters. The standard InChI is InChI=1S/C20H24N4O2/c1-14-21-18-7-8-23(13-17(18)20(25)22-14)11-15-12-24(9-10-26-2)19-6-4-3-5-16(15)19/h3-6,12H,7-11,13H2,1-2H3,(H,21,22,25). The third kappa shape index (κ3) is 3.18. The maximum atomic E-state index is 12.3. The molecule has 3 aromatic rings. The SMILES string of the molecule is COCCn1cc(CN2CCc3nc(C)[nH]c(=O)c3C2)c2ccccc21. The van der Waals surface area contributed by atoms with Gasteiger partial charge in [0.1, 0.15) is 5.82 Å². The molecule has 0 radical (unpaired) electrons. The molecule has 136 valence electrons. The van der Waals surface area contributed by atoms with Crippen molar-refractivity contribution in [2.75, 3.05) is 20.3 Å². The molecule has 1 aromatic carbocycles. The number of aryl methyl sites for hydroxylation is 1. The van der Waals surface area contributed by atoms with Gasteiger partial charge in [0, 0.05) is 56.8 Å². The molecule has 2 aromatic heterocycles. The fourth-order valence-electron chi connectivity index (χ4n) is 3.80. The van der Waals surface area contributed by atoms with Crippen LogP contribution in [0.3, 0.4) is 0 Å². The maximum absolute atomic E-state index is 12.3. The van der Waals surface area contributed by atoms with Crippen molar-refractivity contribution in [3.63, 3.8) is 0 Å². The third-order valence-electron chi connectivity index (χ3n) is 5.07. The van der Waals surface area contributed by atoms with E-state index in [0.29, 0.717) is 19.0 Å².